The topological polar surface area (TPSA) is 66.9 Å². The van der Waals surface area contributed by atoms with Crippen molar-refractivity contribution in [3.05, 3.63) is 83.7 Å². The van der Waals surface area contributed by atoms with Gasteiger partial charge in [0.1, 0.15) is 11.6 Å². The molecule has 158 valence electrons. The van der Waals surface area contributed by atoms with Gasteiger partial charge in [0.25, 0.3) is 0 Å². The molecule has 5 rings (SSSR count). The number of hydrogen-bond acceptors (Lipinski definition) is 5. The minimum absolute atomic E-state index is 0.261. The first kappa shape index (κ1) is 19.6. The summed E-state index contributed by atoms with van der Waals surface area (Å²) in [6.07, 6.45) is 6.44. The number of ether oxygens (including phenoxy) is 1. The molecule has 0 bridgehead atoms. The number of hydrogen-bond donors (Lipinski definition) is 1. The molecule has 1 N–H and O–H groups in total. The van der Waals surface area contributed by atoms with E-state index in [4.69, 9.17) is 4.74 Å². The van der Waals surface area contributed by atoms with Crippen LogP contribution >= 0.6 is 0 Å². The highest BCUT2D eigenvalue weighted by Gasteiger charge is 2.28. The Labute approximate surface area is 180 Å². The van der Waals surface area contributed by atoms with Crippen LogP contribution in [0.1, 0.15) is 35.8 Å². The lowest BCUT2D eigenvalue weighted by atomic mass is 10.1. The third-order valence-electron chi connectivity index (χ3n) is 5.73. The van der Waals surface area contributed by atoms with Crippen LogP contribution in [-0.4, -0.2) is 38.2 Å². The van der Waals surface area contributed by atoms with Crippen LogP contribution in [0.15, 0.2) is 60.9 Å². The number of fused-ring (bicyclic) bond motifs is 1. The predicted molar refractivity (Wildman–Crippen MR) is 116 cm³/mol. The van der Waals surface area contributed by atoms with Gasteiger partial charge in [0.05, 0.1) is 29.4 Å². The Bertz CT molecular complexity index is 1160. The highest BCUT2D eigenvalue weighted by Crippen LogP contribution is 2.32. The van der Waals surface area contributed by atoms with E-state index >= 15 is 0 Å². The number of likely N-dealkylation sites (tertiary alicyclic amines) is 1. The summed E-state index contributed by atoms with van der Waals surface area (Å²) in [5.74, 6) is 0.409. The first-order valence-electron chi connectivity index (χ1n) is 10.6. The summed E-state index contributed by atoms with van der Waals surface area (Å²) in [4.78, 5) is 11.3. The molecule has 3 heterocycles. The van der Waals surface area contributed by atoms with Crippen molar-refractivity contribution in [2.75, 3.05) is 13.2 Å². The summed E-state index contributed by atoms with van der Waals surface area (Å²) in [7, 11) is 0. The summed E-state index contributed by atoms with van der Waals surface area (Å²) in [6, 6.07) is 14.8. The van der Waals surface area contributed by atoms with Gasteiger partial charge in [-0.05, 0) is 67.4 Å². The van der Waals surface area contributed by atoms with Crippen LogP contribution in [0.2, 0.25) is 0 Å². The Morgan fingerprint density at radius 3 is 2.74 bits per heavy atom. The largest absolute Gasteiger partial charge is 0.493 e. The SMILES string of the molecule is Fc1ccc(OCCc2cc(C3CCCN3Cc3ccc4nccnc4c3)n[nH]2)cc1. The first-order valence-corrected chi connectivity index (χ1v) is 10.6. The monoisotopic (exact) mass is 417 g/mol. The van der Waals surface area contributed by atoms with Crippen LogP contribution < -0.4 is 4.74 Å². The van der Waals surface area contributed by atoms with E-state index in [-0.39, 0.29) is 5.82 Å². The Morgan fingerprint density at radius 2 is 1.87 bits per heavy atom. The maximum Gasteiger partial charge on any atom is 0.123 e. The molecule has 1 atom stereocenters. The van der Waals surface area contributed by atoms with E-state index in [0.29, 0.717) is 18.4 Å². The molecule has 1 unspecified atom stereocenters. The zero-order valence-electron chi connectivity index (χ0n) is 17.2. The summed E-state index contributed by atoms with van der Waals surface area (Å²) in [6.45, 7) is 2.44. The Hall–Kier alpha value is -3.32. The van der Waals surface area contributed by atoms with Crippen molar-refractivity contribution in [2.24, 2.45) is 0 Å². The lowest BCUT2D eigenvalue weighted by Gasteiger charge is -2.23. The molecule has 7 heteroatoms. The molecule has 1 saturated heterocycles. The van der Waals surface area contributed by atoms with Crippen molar-refractivity contribution in [1.82, 2.24) is 25.1 Å². The van der Waals surface area contributed by atoms with Gasteiger partial charge in [0.15, 0.2) is 0 Å². The molecule has 0 spiro atoms. The Kier molecular flexibility index (Phi) is 5.58. The van der Waals surface area contributed by atoms with E-state index < -0.39 is 0 Å². The van der Waals surface area contributed by atoms with Gasteiger partial charge < -0.3 is 4.74 Å². The molecule has 0 aliphatic carbocycles. The fourth-order valence-corrected chi connectivity index (χ4v) is 4.18. The van der Waals surface area contributed by atoms with E-state index in [1.807, 2.05) is 6.07 Å². The van der Waals surface area contributed by atoms with Crippen molar-refractivity contribution in [3.8, 4) is 5.75 Å². The lowest BCUT2D eigenvalue weighted by molar-refractivity contribution is 0.244. The number of rotatable bonds is 7. The predicted octanol–water partition coefficient (Wildman–Crippen LogP) is 4.45. The molecule has 2 aromatic heterocycles. The summed E-state index contributed by atoms with van der Waals surface area (Å²) in [5.41, 5.74) is 5.21. The fourth-order valence-electron chi connectivity index (χ4n) is 4.18. The molecular formula is C24H24FN5O. The maximum absolute atomic E-state index is 13.0. The van der Waals surface area contributed by atoms with Crippen molar-refractivity contribution >= 4 is 11.0 Å². The maximum atomic E-state index is 13.0. The van der Waals surface area contributed by atoms with Crippen LogP contribution in [0, 0.1) is 5.82 Å². The fraction of sp³-hybridized carbons (Fsp3) is 0.292. The molecule has 31 heavy (non-hydrogen) atoms. The number of nitrogens with one attached hydrogen (secondary N) is 1. The van der Waals surface area contributed by atoms with Crippen LogP contribution in [0.4, 0.5) is 4.39 Å². The first-order chi connectivity index (χ1) is 15.2. The molecule has 0 amide bonds. The van der Waals surface area contributed by atoms with Crippen molar-refractivity contribution in [2.45, 2.75) is 31.8 Å². The molecular weight excluding hydrogens is 393 g/mol. The number of benzene rings is 2. The van der Waals surface area contributed by atoms with E-state index in [1.54, 1.807) is 24.5 Å². The standard InChI is InChI=1S/C24H24FN5O/c25-18-4-6-20(7-5-18)31-13-9-19-15-23(29-28-19)24-2-1-12-30(24)16-17-3-8-21-22(14-17)27-11-10-26-21/h3-8,10-11,14-15,24H,1-2,9,12-13,16H2,(H,28,29). The number of nitrogens with zero attached hydrogens (tertiary/aromatic N) is 4. The molecule has 0 saturated carbocycles. The van der Waals surface area contributed by atoms with Gasteiger partial charge in [0, 0.05) is 31.1 Å². The van der Waals surface area contributed by atoms with Gasteiger partial charge in [-0.3, -0.25) is 20.0 Å². The van der Waals surface area contributed by atoms with Gasteiger partial charge in [-0.1, -0.05) is 6.07 Å². The minimum Gasteiger partial charge on any atom is -0.493 e. The van der Waals surface area contributed by atoms with Crippen molar-refractivity contribution < 1.29 is 9.13 Å². The number of halogens is 1. The Morgan fingerprint density at radius 1 is 1.03 bits per heavy atom. The summed E-state index contributed by atoms with van der Waals surface area (Å²) in [5, 5.41) is 7.73. The van der Waals surface area contributed by atoms with E-state index in [1.165, 1.54) is 17.7 Å². The van der Waals surface area contributed by atoms with Gasteiger partial charge >= 0.3 is 0 Å². The molecule has 0 radical (unpaired) electrons. The zero-order chi connectivity index (χ0) is 21.0. The van der Waals surface area contributed by atoms with Gasteiger partial charge in [-0.25, -0.2) is 4.39 Å². The smallest absolute Gasteiger partial charge is 0.123 e. The number of H-pyrrole nitrogens is 1. The van der Waals surface area contributed by atoms with Gasteiger partial charge in [-0.15, -0.1) is 0 Å². The van der Waals surface area contributed by atoms with Crippen molar-refractivity contribution in [3.63, 3.8) is 0 Å². The average Bonchev–Trinajstić information content (AvgIpc) is 3.44. The number of aromatic nitrogens is 4. The molecule has 1 aliphatic rings. The van der Waals surface area contributed by atoms with E-state index in [2.05, 4.69) is 43.3 Å². The van der Waals surface area contributed by atoms with Crippen LogP contribution in [0.3, 0.4) is 0 Å². The molecule has 6 nitrogen and oxygen atoms in total. The van der Waals surface area contributed by atoms with E-state index in [0.717, 1.165) is 54.8 Å². The quantitative estimate of drug-likeness (QED) is 0.481. The molecule has 4 aromatic rings. The third kappa shape index (κ3) is 4.56. The highest BCUT2D eigenvalue weighted by atomic mass is 19.1. The lowest BCUT2D eigenvalue weighted by Crippen LogP contribution is -2.23. The van der Waals surface area contributed by atoms with Crippen LogP contribution in [0.25, 0.3) is 11.0 Å². The molecule has 1 aliphatic heterocycles. The normalized spacial score (nSPS) is 16.7. The van der Waals surface area contributed by atoms with Crippen molar-refractivity contribution in [1.29, 1.82) is 0 Å². The third-order valence-corrected chi connectivity index (χ3v) is 5.73. The molecule has 1 fully saturated rings. The van der Waals surface area contributed by atoms with Crippen LogP contribution in [0.5, 0.6) is 5.75 Å². The summed E-state index contributed by atoms with van der Waals surface area (Å²) < 4.78 is 18.7. The Balaban J connectivity index is 1.21. The zero-order valence-corrected chi connectivity index (χ0v) is 17.2. The van der Waals surface area contributed by atoms with Crippen LogP contribution in [-0.2, 0) is 13.0 Å². The second-order valence-corrected chi connectivity index (χ2v) is 7.88. The molecule has 2 aromatic carbocycles. The second kappa shape index (κ2) is 8.81. The summed E-state index contributed by atoms with van der Waals surface area (Å²) >= 11 is 0. The minimum atomic E-state index is -0.261. The average molecular weight is 417 g/mol. The van der Waals surface area contributed by atoms with Gasteiger partial charge in [0.2, 0.25) is 0 Å². The number of aromatic amines is 1. The van der Waals surface area contributed by atoms with Gasteiger partial charge in [-0.2, -0.15) is 5.10 Å². The second-order valence-electron chi connectivity index (χ2n) is 7.88. The highest BCUT2D eigenvalue weighted by molar-refractivity contribution is 5.74. The van der Waals surface area contributed by atoms with E-state index in [9.17, 15) is 4.39 Å².